The molecule has 2 rings (SSSR count). The van der Waals surface area contributed by atoms with Crippen LogP contribution in [-0.4, -0.2) is 51.7 Å². The number of hydrogen-bond donors (Lipinski definition) is 4. The van der Waals surface area contributed by atoms with E-state index in [9.17, 15) is 24.9 Å². The molecule has 1 fully saturated rings. The highest BCUT2D eigenvalue weighted by Crippen LogP contribution is 2.35. The number of nitriles is 1. The summed E-state index contributed by atoms with van der Waals surface area (Å²) in [5, 5.41) is 39.4. The topological polar surface area (TPSA) is 134 Å². The number of hydrogen-bond acceptors (Lipinski definition) is 6. The van der Waals surface area contributed by atoms with E-state index in [1.165, 1.54) is 0 Å². The number of carbonyl (C=O) groups is 2. The molecule has 0 bridgehead atoms. The molecule has 0 saturated carbocycles. The van der Waals surface area contributed by atoms with Gasteiger partial charge in [-0.1, -0.05) is 0 Å². The van der Waals surface area contributed by atoms with Crippen molar-refractivity contribution in [1.82, 2.24) is 10.2 Å². The van der Waals surface area contributed by atoms with Crippen LogP contribution in [0.4, 0.5) is 0 Å². The Balaban J connectivity index is 1.89. The number of phenols is 3. The predicted octanol–water partition coefficient (Wildman–Crippen LogP) is 0.685. The minimum Gasteiger partial charge on any atom is -0.504 e. The Bertz CT molecular complexity index is 652. The third kappa shape index (κ3) is 4.07. The average Bonchev–Trinajstić information content (AvgIpc) is 2.57. The minimum atomic E-state index is -0.654. The molecule has 0 atom stereocenters. The van der Waals surface area contributed by atoms with Crippen molar-refractivity contribution in [1.29, 1.82) is 5.26 Å². The molecule has 1 aliphatic heterocycles. The third-order valence-corrected chi connectivity index (χ3v) is 4.05. The second-order valence-electron chi connectivity index (χ2n) is 5.74. The largest absolute Gasteiger partial charge is 0.504 e. The van der Waals surface area contributed by atoms with Crippen molar-refractivity contribution >= 4 is 11.8 Å². The van der Waals surface area contributed by atoms with Gasteiger partial charge in [-0.05, 0) is 30.9 Å². The van der Waals surface area contributed by atoms with E-state index in [0.717, 1.165) is 12.1 Å². The summed E-state index contributed by atoms with van der Waals surface area (Å²) in [6.07, 6.45) is 1.24. The standard InChI is InChI=1S/C16H19N3O5/c17-4-1-14(22)18-9-10-2-5-19(6-3-10)16(24)11-7-12(20)15(23)13(21)8-11/h7-8,10,20-21,23H,1-3,5-6,9H2,(H,18,22). The fraction of sp³-hybridized carbons (Fsp3) is 0.438. The summed E-state index contributed by atoms with van der Waals surface area (Å²) in [5.74, 6) is -2.16. The number of amides is 2. The lowest BCUT2D eigenvalue weighted by atomic mass is 9.96. The van der Waals surface area contributed by atoms with E-state index < -0.39 is 17.2 Å². The Labute approximate surface area is 138 Å². The van der Waals surface area contributed by atoms with Gasteiger partial charge >= 0.3 is 0 Å². The van der Waals surface area contributed by atoms with Crippen LogP contribution in [0.15, 0.2) is 12.1 Å². The van der Waals surface area contributed by atoms with E-state index in [1.807, 2.05) is 0 Å². The van der Waals surface area contributed by atoms with Crippen LogP contribution in [0.2, 0.25) is 0 Å². The van der Waals surface area contributed by atoms with E-state index >= 15 is 0 Å². The number of nitrogens with one attached hydrogen (secondary N) is 1. The Hall–Kier alpha value is -2.95. The van der Waals surface area contributed by atoms with Crippen LogP contribution in [0.1, 0.15) is 29.6 Å². The second-order valence-corrected chi connectivity index (χ2v) is 5.74. The van der Waals surface area contributed by atoms with Crippen LogP contribution in [0.5, 0.6) is 17.2 Å². The summed E-state index contributed by atoms with van der Waals surface area (Å²) in [6, 6.07) is 4.02. The molecule has 0 aliphatic carbocycles. The molecule has 4 N–H and O–H groups in total. The van der Waals surface area contributed by atoms with Gasteiger partial charge in [0.05, 0.1) is 6.07 Å². The van der Waals surface area contributed by atoms with Crippen LogP contribution in [-0.2, 0) is 4.79 Å². The molecule has 128 valence electrons. The van der Waals surface area contributed by atoms with Gasteiger partial charge < -0.3 is 25.5 Å². The molecule has 1 aromatic rings. The van der Waals surface area contributed by atoms with Gasteiger partial charge in [0, 0.05) is 25.2 Å². The number of piperidine rings is 1. The Morgan fingerprint density at radius 2 is 1.79 bits per heavy atom. The molecule has 0 aromatic heterocycles. The summed E-state index contributed by atoms with van der Waals surface area (Å²) in [4.78, 5) is 25.3. The number of nitrogens with zero attached hydrogens (tertiary/aromatic N) is 2. The number of rotatable bonds is 4. The van der Waals surface area contributed by atoms with Gasteiger partial charge in [0.15, 0.2) is 17.2 Å². The minimum absolute atomic E-state index is 0.101. The van der Waals surface area contributed by atoms with E-state index in [1.54, 1.807) is 11.0 Å². The normalized spacial score (nSPS) is 14.9. The number of benzene rings is 1. The molecule has 1 heterocycles. The molecule has 0 spiro atoms. The molecule has 2 amide bonds. The van der Waals surface area contributed by atoms with Crippen LogP contribution < -0.4 is 5.32 Å². The zero-order valence-electron chi connectivity index (χ0n) is 13.0. The van der Waals surface area contributed by atoms with E-state index in [4.69, 9.17) is 5.26 Å². The molecule has 0 unspecified atom stereocenters. The maximum absolute atomic E-state index is 12.4. The summed E-state index contributed by atoms with van der Waals surface area (Å²) < 4.78 is 0. The van der Waals surface area contributed by atoms with Gasteiger partial charge in [0.2, 0.25) is 5.91 Å². The van der Waals surface area contributed by atoms with Gasteiger partial charge in [0.1, 0.15) is 6.42 Å². The molecule has 1 aliphatic rings. The van der Waals surface area contributed by atoms with E-state index in [2.05, 4.69) is 5.32 Å². The first-order valence-electron chi connectivity index (χ1n) is 7.60. The van der Waals surface area contributed by atoms with Crippen LogP contribution in [0.3, 0.4) is 0 Å². The van der Waals surface area contributed by atoms with Crippen molar-refractivity contribution in [3.05, 3.63) is 17.7 Å². The van der Waals surface area contributed by atoms with Gasteiger partial charge in [-0.15, -0.1) is 0 Å². The lowest BCUT2D eigenvalue weighted by Crippen LogP contribution is -2.41. The fourth-order valence-electron chi connectivity index (χ4n) is 2.64. The lowest BCUT2D eigenvalue weighted by molar-refractivity contribution is -0.120. The molecule has 1 aromatic carbocycles. The van der Waals surface area contributed by atoms with Crippen LogP contribution >= 0.6 is 0 Å². The first-order valence-corrected chi connectivity index (χ1v) is 7.60. The summed E-state index contributed by atoms with van der Waals surface area (Å²) in [7, 11) is 0. The summed E-state index contributed by atoms with van der Waals surface area (Å²) >= 11 is 0. The third-order valence-electron chi connectivity index (χ3n) is 4.05. The van der Waals surface area contributed by atoms with Crippen molar-refractivity contribution in [3.8, 4) is 23.3 Å². The Kier molecular flexibility index (Phi) is 5.47. The van der Waals surface area contributed by atoms with Gasteiger partial charge in [-0.2, -0.15) is 5.26 Å². The zero-order valence-corrected chi connectivity index (χ0v) is 13.0. The first-order chi connectivity index (χ1) is 11.4. The molecule has 1 saturated heterocycles. The molecular weight excluding hydrogens is 314 g/mol. The zero-order chi connectivity index (χ0) is 17.7. The summed E-state index contributed by atoms with van der Waals surface area (Å²) in [6.45, 7) is 1.45. The number of phenolic OH excluding ortho intramolecular Hbond substituents is 3. The first kappa shape index (κ1) is 17.4. The SMILES string of the molecule is N#CCC(=O)NCC1CCN(C(=O)c2cc(O)c(O)c(O)c2)CC1. The van der Waals surface area contributed by atoms with Crippen molar-refractivity contribution in [2.75, 3.05) is 19.6 Å². The number of carbonyl (C=O) groups excluding carboxylic acids is 2. The lowest BCUT2D eigenvalue weighted by Gasteiger charge is -2.32. The molecule has 8 nitrogen and oxygen atoms in total. The average molecular weight is 333 g/mol. The monoisotopic (exact) mass is 333 g/mol. The summed E-state index contributed by atoms with van der Waals surface area (Å²) in [5.41, 5.74) is 0.101. The van der Waals surface area contributed by atoms with Crippen LogP contribution in [0, 0.1) is 17.2 Å². The Morgan fingerprint density at radius 1 is 1.21 bits per heavy atom. The molecular formula is C16H19N3O5. The molecule has 24 heavy (non-hydrogen) atoms. The fourth-order valence-corrected chi connectivity index (χ4v) is 2.64. The number of likely N-dealkylation sites (tertiary alicyclic amines) is 1. The van der Waals surface area contributed by atoms with Gasteiger partial charge in [0.25, 0.3) is 5.91 Å². The maximum atomic E-state index is 12.4. The molecule has 8 heteroatoms. The van der Waals surface area contributed by atoms with Gasteiger partial charge in [-0.3, -0.25) is 9.59 Å². The quantitative estimate of drug-likeness (QED) is 0.599. The second kappa shape index (κ2) is 7.55. The molecule has 0 radical (unpaired) electrons. The van der Waals surface area contributed by atoms with Crippen molar-refractivity contribution in [2.24, 2.45) is 5.92 Å². The maximum Gasteiger partial charge on any atom is 0.254 e. The van der Waals surface area contributed by atoms with Gasteiger partial charge in [-0.25, -0.2) is 0 Å². The smallest absolute Gasteiger partial charge is 0.254 e. The van der Waals surface area contributed by atoms with E-state index in [-0.39, 0.29) is 29.7 Å². The highest BCUT2D eigenvalue weighted by molar-refractivity contribution is 5.95. The van der Waals surface area contributed by atoms with Crippen LogP contribution in [0.25, 0.3) is 0 Å². The van der Waals surface area contributed by atoms with Crippen molar-refractivity contribution in [3.63, 3.8) is 0 Å². The van der Waals surface area contributed by atoms with Crippen molar-refractivity contribution in [2.45, 2.75) is 19.3 Å². The Morgan fingerprint density at radius 3 is 2.33 bits per heavy atom. The number of aromatic hydroxyl groups is 3. The van der Waals surface area contributed by atoms with Crippen molar-refractivity contribution < 1.29 is 24.9 Å². The highest BCUT2D eigenvalue weighted by atomic mass is 16.3. The predicted molar refractivity (Wildman–Crippen MR) is 83.3 cm³/mol. The van der Waals surface area contributed by atoms with E-state index in [0.29, 0.717) is 32.5 Å². The highest BCUT2D eigenvalue weighted by Gasteiger charge is 2.25.